The normalized spacial score (nSPS) is 11.4. The van der Waals surface area contributed by atoms with E-state index in [4.69, 9.17) is 16.9 Å². The lowest BCUT2D eigenvalue weighted by Gasteiger charge is -2.13. The molecule has 1 unspecified atom stereocenters. The zero-order chi connectivity index (χ0) is 17.5. The fraction of sp³-hybridized carbons (Fsp3) is 0.176. The van der Waals surface area contributed by atoms with Crippen LogP contribution in [0.15, 0.2) is 42.5 Å². The Bertz CT molecular complexity index is 759. The van der Waals surface area contributed by atoms with Gasteiger partial charge in [0, 0.05) is 23.7 Å². The smallest absolute Gasteiger partial charge is 0.315 e. The Labute approximate surface area is 143 Å². The molecular weight excluding hydrogens is 333 g/mol. The van der Waals surface area contributed by atoms with Crippen LogP contribution in [-0.2, 0) is 6.54 Å². The van der Waals surface area contributed by atoms with Crippen molar-refractivity contribution in [2.75, 3.05) is 6.54 Å². The summed E-state index contributed by atoms with van der Waals surface area (Å²) in [5.74, 6) is -0.560. The highest BCUT2D eigenvalue weighted by Gasteiger charge is 2.10. The Morgan fingerprint density at radius 2 is 1.96 bits per heavy atom. The van der Waals surface area contributed by atoms with Crippen molar-refractivity contribution in [3.05, 3.63) is 70.0 Å². The van der Waals surface area contributed by atoms with Crippen LogP contribution in [0.3, 0.4) is 0 Å². The van der Waals surface area contributed by atoms with Gasteiger partial charge in [0.15, 0.2) is 0 Å². The second kappa shape index (κ2) is 8.29. The van der Waals surface area contributed by atoms with E-state index in [1.165, 1.54) is 12.1 Å². The fourth-order valence-corrected chi connectivity index (χ4v) is 2.12. The van der Waals surface area contributed by atoms with Crippen LogP contribution >= 0.6 is 11.6 Å². The molecule has 2 aromatic carbocycles. The molecule has 0 bridgehead atoms. The molecule has 0 radical (unpaired) electrons. The molecule has 0 saturated heterocycles. The van der Waals surface area contributed by atoms with Crippen molar-refractivity contribution in [2.45, 2.75) is 12.6 Å². The average molecular weight is 348 g/mol. The van der Waals surface area contributed by atoms with Crippen molar-refractivity contribution >= 4 is 17.6 Å². The van der Waals surface area contributed by atoms with Gasteiger partial charge in [-0.1, -0.05) is 29.8 Å². The fourth-order valence-electron chi connectivity index (χ4n) is 1.99. The number of halogens is 2. The molecule has 0 aliphatic carbocycles. The summed E-state index contributed by atoms with van der Waals surface area (Å²) < 4.78 is 13.7. The summed E-state index contributed by atoms with van der Waals surface area (Å²) >= 11 is 5.77. The number of amides is 2. The molecule has 0 aromatic heterocycles. The lowest BCUT2D eigenvalue weighted by molar-refractivity contribution is 0.173. The number of aliphatic hydroxyl groups excluding tert-OH is 1. The largest absolute Gasteiger partial charge is 0.387 e. The molecule has 2 aromatic rings. The Kier molecular flexibility index (Phi) is 6.13. The van der Waals surface area contributed by atoms with E-state index in [-0.39, 0.29) is 24.2 Å². The van der Waals surface area contributed by atoms with Gasteiger partial charge in [0.05, 0.1) is 17.7 Å². The molecule has 124 valence electrons. The number of urea groups is 1. The average Bonchev–Trinajstić information content (AvgIpc) is 2.59. The number of nitrogens with zero attached hydrogens (tertiary/aromatic N) is 1. The highest BCUT2D eigenvalue weighted by Crippen LogP contribution is 2.15. The second-order valence-electron chi connectivity index (χ2n) is 5.05. The third kappa shape index (κ3) is 4.95. The number of rotatable bonds is 5. The number of aliphatic hydroxyl groups is 1. The van der Waals surface area contributed by atoms with Gasteiger partial charge in [-0.3, -0.25) is 0 Å². The first-order valence-corrected chi connectivity index (χ1v) is 7.51. The minimum absolute atomic E-state index is 0.00329. The Balaban J connectivity index is 1.81. The molecule has 3 N–H and O–H groups in total. The maximum Gasteiger partial charge on any atom is 0.315 e. The van der Waals surface area contributed by atoms with Crippen molar-refractivity contribution in [3.63, 3.8) is 0 Å². The van der Waals surface area contributed by atoms with Gasteiger partial charge in [0.1, 0.15) is 5.82 Å². The van der Waals surface area contributed by atoms with Crippen molar-refractivity contribution in [1.82, 2.24) is 10.6 Å². The Morgan fingerprint density at radius 3 is 2.58 bits per heavy atom. The number of carbonyl (C=O) groups excluding carboxylic acids is 1. The van der Waals surface area contributed by atoms with Crippen LogP contribution in [0.1, 0.15) is 22.8 Å². The number of nitrogens with one attached hydrogen (secondary N) is 2. The van der Waals surface area contributed by atoms with Crippen LogP contribution in [-0.4, -0.2) is 17.7 Å². The monoisotopic (exact) mass is 347 g/mol. The van der Waals surface area contributed by atoms with Crippen LogP contribution in [0.4, 0.5) is 9.18 Å². The van der Waals surface area contributed by atoms with E-state index in [2.05, 4.69) is 10.6 Å². The zero-order valence-electron chi connectivity index (χ0n) is 12.6. The first-order chi connectivity index (χ1) is 11.5. The molecule has 2 rings (SSSR count). The lowest BCUT2D eigenvalue weighted by atomic mass is 10.1. The molecule has 0 heterocycles. The Morgan fingerprint density at radius 1 is 1.25 bits per heavy atom. The van der Waals surface area contributed by atoms with Crippen LogP contribution in [0.2, 0.25) is 5.02 Å². The van der Waals surface area contributed by atoms with Gasteiger partial charge in [0.25, 0.3) is 0 Å². The van der Waals surface area contributed by atoms with E-state index in [9.17, 15) is 14.3 Å². The lowest BCUT2D eigenvalue weighted by Crippen LogP contribution is -2.37. The molecule has 0 fully saturated rings. The summed E-state index contributed by atoms with van der Waals surface area (Å²) in [6.45, 7) is -0.0241. The maximum atomic E-state index is 13.7. The van der Waals surface area contributed by atoms with E-state index in [1.54, 1.807) is 24.3 Å². The highest BCUT2D eigenvalue weighted by atomic mass is 35.5. The molecule has 5 nitrogen and oxygen atoms in total. The van der Waals surface area contributed by atoms with E-state index in [1.807, 2.05) is 6.07 Å². The van der Waals surface area contributed by atoms with E-state index >= 15 is 0 Å². The van der Waals surface area contributed by atoms with Crippen LogP contribution < -0.4 is 10.6 Å². The summed E-state index contributed by atoms with van der Waals surface area (Å²) in [7, 11) is 0. The molecule has 7 heteroatoms. The van der Waals surface area contributed by atoms with Gasteiger partial charge in [-0.2, -0.15) is 5.26 Å². The number of benzene rings is 2. The van der Waals surface area contributed by atoms with Gasteiger partial charge >= 0.3 is 6.03 Å². The van der Waals surface area contributed by atoms with E-state index < -0.39 is 18.0 Å². The van der Waals surface area contributed by atoms with Gasteiger partial charge in [0.2, 0.25) is 0 Å². The first kappa shape index (κ1) is 17.7. The number of carbonyl (C=O) groups is 1. The summed E-state index contributed by atoms with van der Waals surface area (Å²) in [4.78, 5) is 11.7. The van der Waals surface area contributed by atoms with Gasteiger partial charge in [-0.25, -0.2) is 9.18 Å². The second-order valence-corrected chi connectivity index (χ2v) is 5.49. The van der Waals surface area contributed by atoms with Crippen LogP contribution in [0.5, 0.6) is 0 Å². The number of hydrogen-bond acceptors (Lipinski definition) is 3. The molecule has 2 amide bonds. The summed E-state index contributed by atoms with van der Waals surface area (Å²) in [5.41, 5.74) is 1.10. The predicted octanol–water partition coefficient (Wildman–Crippen LogP) is 2.88. The zero-order valence-corrected chi connectivity index (χ0v) is 13.3. The van der Waals surface area contributed by atoms with Crippen molar-refractivity contribution < 1.29 is 14.3 Å². The summed E-state index contributed by atoms with van der Waals surface area (Å²) in [6.07, 6.45) is -0.875. The van der Waals surface area contributed by atoms with Gasteiger partial charge in [-0.05, 0) is 29.8 Å². The third-order valence-corrected chi connectivity index (χ3v) is 3.58. The predicted molar refractivity (Wildman–Crippen MR) is 87.8 cm³/mol. The topological polar surface area (TPSA) is 85.2 Å². The van der Waals surface area contributed by atoms with Crippen LogP contribution in [0, 0.1) is 17.1 Å². The van der Waals surface area contributed by atoms with Crippen molar-refractivity contribution in [2.24, 2.45) is 0 Å². The molecule has 0 saturated carbocycles. The standard InChI is InChI=1S/C17H15ClFN3O2/c18-14-5-3-12(4-6-14)16(23)10-22-17(24)21-9-13-2-1-11(8-20)7-15(13)19/h1-7,16,23H,9-10H2,(H2,21,22,24). The van der Waals surface area contributed by atoms with E-state index in [0.29, 0.717) is 10.6 Å². The van der Waals surface area contributed by atoms with Crippen molar-refractivity contribution in [3.8, 4) is 6.07 Å². The highest BCUT2D eigenvalue weighted by molar-refractivity contribution is 6.30. The maximum absolute atomic E-state index is 13.7. The SMILES string of the molecule is N#Cc1ccc(CNC(=O)NCC(O)c2ccc(Cl)cc2)c(F)c1. The minimum atomic E-state index is -0.875. The molecule has 0 aliphatic rings. The first-order valence-electron chi connectivity index (χ1n) is 7.13. The quantitative estimate of drug-likeness (QED) is 0.777. The molecule has 24 heavy (non-hydrogen) atoms. The van der Waals surface area contributed by atoms with Gasteiger partial charge < -0.3 is 15.7 Å². The van der Waals surface area contributed by atoms with Crippen molar-refractivity contribution in [1.29, 1.82) is 5.26 Å². The summed E-state index contributed by atoms with van der Waals surface area (Å²) in [6, 6.07) is 12.0. The third-order valence-electron chi connectivity index (χ3n) is 3.33. The number of nitriles is 1. The molecular formula is C17H15ClFN3O2. The van der Waals surface area contributed by atoms with Crippen LogP contribution in [0.25, 0.3) is 0 Å². The molecule has 1 atom stereocenters. The number of hydrogen-bond donors (Lipinski definition) is 3. The molecule has 0 spiro atoms. The minimum Gasteiger partial charge on any atom is -0.387 e. The summed E-state index contributed by atoms with van der Waals surface area (Å²) in [5, 5.41) is 24.2. The van der Waals surface area contributed by atoms with E-state index in [0.717, 1.165) is 6.07 Å². The molecule has 0 aliphatic heterocycles. The Hall–Kier alpha value is -2.62. The van der Waals surface area contributed by atoms with Gasteiger partial charge in [-0.15, -0.1) is 0 Å².